The summed E-state index contributed by atoms with van der Waals surface area (Å²) in [6.45, 7) is 2.42. The van der Waals surface area contributed by atoms with Crippen LogP contribution in [0.3, 0.4) is 0 Å². The van der Waals surface area contributed by atoms with E-state index in [1.165, 1.54) is 25.3 Å². The monoisotopic (exact) mass is 496 g/mol. The maximum absolute atomic E-state index is 14.1. The first-order chi connectivity index (χ1) is 16.7. The maximum Gasteiger partial charge on any atom is 0.273 e. The number of fused-ring (bicyclic) bond motifs is 7. The molecule has 180 valence electrons. The number of rotatable bonds is 3. The fourth-order valence-electron chi connectivity index (χ4n) is 6.64. The molecule has 3 fully saturated rings. The molecule has 4 atom stereocenters. The highest BCUT2D eigenvalue weighted by Crippen LogP contribution is 2.61. The van der Waals surface area contributed by atoms with Crippen molar-refractivity contribution in [1.29, 1.82) is 0 Å². The largest absolute Gasteiger partial charge is 0.494 e. The number of benzene rings is 2. The zero-order valence-corrected chi connectivity index (χ0v) is 19.7. The van der Waals surface area contributed by atoms with E-state index in [-0.39, 0.29) is 29.1 Å². The Morgan fingerprint density at radius 2 is 1.97 bits per heavy atom. The van der Waals surface area contributed by atoms with Gasteiger partial charge in [-0.05, 0) is 50.1 Å². The molecule has 0 bridgehead atoms. The van der Waals surface area contributed by atoms with Crippen LogP contribution in [-0.4, -0.2) is 47.2 Å². The summed E-state index contributed by atoms with van der Waals surface area (Å²) in [7, 11) is 1.32. The minimum Gasteiger partial charge on any atom is -0.494 e. The second-order valence-corrected chi connectivity index (χ2v) is 9.83. The molecule has 0 saturated carbocycles. The van der Waals surface area contributed by atoms with E-state index in [0.29, 0.717) is 29.2 Å². The second-order valence-electron chi connectivity index (χ2n) is 9.40. The van der Waals surface area contributed by atoms with Gasteiger partial charge in [0, 0.05) is 28.4 Å². The van der Waals surface area contributed by atoms with Crippen LogP contribution >= 0.6 is 11.6 Å². The van der Waals surface area contributed by atoms with Gasteiger partial charge >= 0.3 is 0 Å². The van der Waals surface area contributed by atoms with Crippen molar-refractivity contribution in [1.82, 2.24) is 4.90 Å². The number of aryl methyl sites for hydroxylation is 1. The highest BCUT2D eigenvalue weighted by molar-refractivity contribution is 6.31. The number of nitrogens with one attached hydrogen (secondary N) is 1. The Kier molecular flexibility index (Phi) is 4.56. The summed E-state index contributed by atoms with van der Waals surface area (Å²) < 4.78 is 5.32. The third-order valence-corrected chi connectivity index (χ3v) is 8.10. The number of methoxy groups -OCH3 is 1. The molecule has 0 aliphatic carbocycles. The second kappa shape index (κ2) is 7.25. The average Bonchev–Trinajstić information content (AvgIpc) is 3.52. The van der Waals surface area contributed by atoms with Crippen molar-refractivity contribution in [2.45, 2.75) is 31.3 Å². The number of anilines is 2. The lowest BCUT2D eigenvalue weighted by molar-refractivity contribution is -0.384. The Bertz CT molecular complexity index is 1360. The normalized spacial score (nSPS) is 28.9. The van der Waals surface area contributed by atoms with Gasteiger partial charge in [0.15, 0.2) is 0 Å². The van der Waals surface area contributed by atoms with E-state index in [4.69, 9.17) is 16.3 Å². The fraction of sp³-hybridized carbons (Fsp3) is 0.375. The first-order valence-corrected chi connectivity index (χ1v) is 11.7. The molecule has 0 aromatic heterocycles. The van der Waals surface area contributed by atoms with Gasteiger partial charge < -0.3 is 10.1 Å². The van der Waals surface area contributed by atoms with Crippen molar-refractivity contribution in [3.05, 3.63) is 56.6 Å². The number of ether oxygens (including phenoxy) is 1. The predicted octanol–water partition coefficient (Wildman–Crippen LogP) is 3.00. The molecular formula is C24H21ClN4O6. The summed E-state index contributed by atoms with van der Waals surface area (Å²) in [6, 6.07) is 6.93. The topological polar surface area (TPSA) is 122 Å². The van der Waals surface area contributed by atoms with Crippen molar-refractivity contribution in [2.75, 3.05) is 23.9 Å². The van der Waals surface area contributed by atoms with Crippen molar-refractivity contribution >= 4 is 46.4 Å². The van der Waals surface area contributed by atoms with Gasteiger partial charge in [-0.3, -0.25) is 29.4 Å². The third kappa shape index (κ3) is 2.61. The molecule has 1 N–H and O–H groups in total. The van der Waals surface area contributed by atoms with Crippen LogP contribution in [-0.2, 0) is 19.9 Å². The first kappa shape index (κ1) is 22.0. The van der Waals surface area contributed by atoms with Gasteiger partial charge in [0.25, 0.3) is 5.69 Å². The van der Waals surface area contributed by atoms with Crippen molar-refractivity contribution < 1.29 is 24.0 Å². The highest BCUT2D eigenvalue weighted by atomic mass is 35.5. The van der Waals surface area contributed by atoms with Crippen molar-refractivity contribution in [3.63, 3.8) is 0 Å². The van der Waals surface area contributed by atoms with E-state index in [1.54, 1.807) is 12.1 Å². The van der Waals surface area contributed by atoms with Gasteiger partial charge in [-0.15, -0.1) is 0 Å². The standard InChI is InChI=1S/C24H21ClN4O6/c1-11-8-12(25)9-14-20(11)26-23(32)24(14)19-18(16-4-3-7-27(16)24)21(30)28(22(19)31)15-6-5-13(29(33)34)10-17(15)35-2/h5-6,8-10,16,18-19H,3-4,7H2,1-2H3,(H,26,32)/t16-,18-,19+,24+/m1/s1. The Labute approximate surface area is 204 Å². The molecule has 1 spiro atoms. The number of hydrogen-bond acceptors (Lipinski definition) is 7. The van der Waals surface area contributed by atoms with Crippen LogP contribution in [0, 0.1) is 28.9 Å². The average molecular weight is 497 g/mol. The fourth-order valence-corrected chi connectivity index (χ4v) is 6.91. The van der Waals surface area contributed by atoms with E-state index in [1.807, 2.05) is 11.8 Å². The zero-order chi connectivity index (χ0) is 24.8. The molecule has 3 amide bonds. The first-order valence-electron chi connectivity index (χ1n) is 11.3. The van der Waals surface area contributed by atoms with E-state index in [9.17, 15) is 24.5 Å². The quantitative estimate of drug-likeness (QED) is 0.393. The number of nitrogens with zero attached hydrogens (tertiary/aromatic N) is 3. The van der Waals surface area contributed by atoms with Crippen LogP contribution in [0.4, 0.5) is 17.1 Å². The predicted molar refractivity (Wildman–Crippen MR) is 125 cm³/mol. The van der Waals surface area contributed by atoms with Crippen LogP contribution in [0.25, 0.3) is 0 Å². The van der Waals surface area contributed by atoms with Crippen molar-refractivity contribution in [2.24, 2.45) is 11.8 Å². The third-order valence-electron chi connectivity index (χ3n) is 7.88. The molecule has 10 nitrogen and oxygen atoms in total. The number of hydrogen-bond donors (Lipinski definition) is 1. The van der Waals surface area contributed by atoms with Gasteiger partial charge in [0.1, 0.15) is 11.3 Å². The molecule has 4 heterocycles. The molecule has 0 radical (unpaired) electrons. The van der Waals surface area contributed by atoms with E-state index in [0.717, 1.165) is 16.9 Å². The summed E-state index contributed by atoms with van der Waals surface area (Å²) in [5.74, 6) is -2.95. The van der Waals surface area contributed by atoms with Crippen LogP contribution in [0.1, 0.15) is 24.0 Å². The SMILES string of the molecule is COc1cc([N+](=O)[O-])ccc1N1C(=O)[C@@H]2[C@H]3CCCN3[C@]3(C(=O)Nc4c(C)cc(Cl)cc43)[C@@H]2C1=O. The number of halogens is 1. The Hall–Kier alpha value is -3.50. The van der Waals surface area contributed by atoms with Gasteiger partial charge in [-0.1, -0.05) is 11.6 Å². The summed E-state index contributed by atoms with van der Waals surface area (Å²) in [5, 5.41) is 14.6. The van der Waals surface area contributed by atoms with Crippen molar-refractivity contribution in [3.8, 4) is 5.75 Å². The summed E-state index contributed by atoms with van der Waals surface area (Å²) in [6.07, 6.45) is 1.47. The molecule has 4 aliphatic heterocycles. The number of non-ortho nitro benzene ring substituents is 1. The smallest absolute Gasteiger partial charge is 0.273 e. The molecule has 11 heteroatoms. The van der Waals surface area contributed by atoms with Crippen LogP contribution in [0.15, 0.2) is 30.3 Å². The molecule has 35 heavy (non-hydrogen) atoms. The molecule has 2 aromatic carbocycles. The summed E-state index contributed by atoms with van der Waals surface area (Å²) >= 11 is 6.40. The maximum atomic E-state index is 14.1. The number of carbonyl (C=O) groups is 3. The molecule has 2 aromatic rings. The number of imide groups is 1. The zero-order valence-electron chi connectivity index (χ0n) is 18.9. The molecule has 0 unspecified atom stereocenters. The van der Waals surface area contributed by atoms with E-state index >= 15 is 0 Å². The molecular weight excluding hydrogens is 476 g/mol. The lowest BCUT2D eigenvalue weighted by Crippen LogP contribution is -2.54. The Morgan fingerprint density at radius 1 is 1.20 bits per heavy atom. The number of amides is 3. The lowest BCUT2D eigenvalue weighted by atomic mass is 9.75. The number of nitro benzene ring substituents is 1. The van der Waals surface area contributed by atoms with Gasteiger partial charge in [-0.25, -0.2) is 4.90 Å². The van der Waals surface area contributed by atoms with Gasteiger partial charge in [0.05, 0.1) is 35.6 Å². The van der Waals surface area contributed by atoms with Crippen LogP contribution in [0.5, 0.6) is 5.75 Å². The minimum atomic E-state index is -1.35. The Balaban J connectivity index is 1.55. The van der Waals surface area contributed by atoms with Crippen LogP contribution < -0.4 is 15.0 Å². The van der Waals surface area contributed by atoms with E-state index < -0.39 is 34.1 Å². The van der Waals surface area contributed by atoms with Crippen LogP contribution in [0.2, 0.25) is 5.02 Å². The van der Waals surface area contributed by atoms with Gasteiger partial charge in [-0.2, -0.15) is 0 Å². The van der Waals surface area contributed by atoms with Gasteiger partial charge in [0.2, 0.25) is 17.7 Å². The lowest BCUT2D eigenvalue weighted by Gasteiger charge is -2.36. The summed E-state index contributed by atoms with van der Waals surface area (Å²) in [5.41, 5.74) is 0.567. The molecule has 3 saturated heterocycles. The minimum absolute atomic E-state index is 0.0355. The highest BCUT2D eigenvalue weighted by Gasteiger charge is 2.75. The molecule has 6 rings (SSSR count). The number of carbonyl (C=O) groups excluding carboxylic acids is 3. The molecule has 4 aliphatic rings. The number of nitro groups is 1. The Morgan fingerprint density at radius 3 is 2.69 bits per heavy atom. The summed E-state index contributed by atoms with van der Waals surface area (Å²) in [4.78, 5) is 55.4. The van der Waals surface area contributed by atoms with E-state index in [2.05, 4.69) is 5.32 Å².